The van der Waals surface area contributed by atoms with E-state index in [1.165, 1.54) is 24.3 Å². The monoisotopic (exact) mass is 428 g/mol. The first-order valence-electron chi connectivity index (χ1n) is 9.17. The number of benzene rings is 3. The van der Waals surface area contributed by atoms with Gasteiger partial charge < -0.3 is 10.4 Å². The Labute approximate surface area is 174 Å². The molecule has 3 aromatic carbocycles. The SMILES string of the molecule is Cc1ccc(NC(=O)C(Cc2ccccc2)NS(=O)(=O)c2ccccc2F)c(O)c1. The Bertz CT molecular complexity index is 1150. The molecule has 3 aromatic rings. The van der Waals surface area contributed by atoms with Gasteiger partial charge in [0.2, 0.25) is 15.9 Å². The highest BCUT2D eigenvalue weighted by molar-refractivity contribution is 7.89. The largest absolute Gasteiger partial charge is 0.506 e. The molecule has 0 aliphatic heterocycles. The summed E-state index contributed by atoms with van der Waals surface area (Å²) in [5, 5.41) is 12.6. The van der Waals surface area contributed by atoms with E-state index in [4.69, 9.17) is 0 Å². The van der Waals surface area contributed by atoms with Gasteiger partial charge in [0.1, 0.15) is 22.5 Å². The van der Waals surface area contributed by atoms with Crippen molar-refractivity contribution in [3.05, 3.63) is 89.7 Å². The summed E-state index contributed by atoms with van der Waals surface area (Å²) in [7, 11) is -4.31. The summed E-state index contributed by atoms with van der Waals surface area (Å²) in [6.45, 7) is 1.78. The highest BCUT2D eigenvalue weighted by Crippen LogP contribution is 2.24. The van der Waals surface area contributed by atoms with Gasteiger partial charge in [0.15, 0.2) is 0 Å². The average Bonchev–Trinajstić information content (AvgIpc) is 2.70. The first-order valence-corrected chi connectivity index (χ1v) is 10.7. The van der Waals surface area contributed by atoms with Crippen molar-refractivity contribution in [1.82, 2.24) is 4.72 Å². The number of hydrogen-bond acceptors (Lipinski definition) is 4. The Morgan fingerprint density at radius 3 is 2.37 bits per heavy atom. The molecule has 156 valence electrons. The second-order valence-corrected chi connectivity index (χ2v) is 8.49. The summed E-state index contributed by atoms with van der Waals surface area (Å²) >= 11 is 0. The minimum Gasteiger partial charge on any atom is -0.506 e. The number of phenolic OH excluding ortho intramolecular Hbond substituents is 1. The molecule has 0 radical (unpaired) electrons. The maximum atomic E-state index is 14.0. The van der Waals surface area contributed by atoms with Gasteiger partial charge in [0.25, 0.3) is 0 Å². The van der Waals surface area contributed by atoms with Gasteiger partial charge in [0, 0.05) is 0 Å². The Morgan fingerprint density at radius 2 is 1.70 bits per heavy atom. The number of aromatic hydroxyl groups is 1. The summed E-state index contributed by atoms with van der Waals surface area (Å²) in [5.41, 5.74) is 1.65. The Hall–Kier alpha value is -3.23. The molecule has 0 aliphatic carbocycles. The molecule has 0 aromatic heterocycles. The molecule has 8 heteroatoms. The van der Waals surface area contributed by atoms with Crippen LogP contribution in [0.15, 0.2) is 77.7 Å². The molecule has 0 saturated carbocycles. The third kappa shape index (κ3) is 5.22. The minimum absolute atomic E-state index is 0.0347. The first kappa shape index (κ1) is 21.5. The van der Waals surface area contributed by atoms with E-state index in [0.717, 1.165) is 17.7 Å². The topological polar surface area (TPSA) is 95.5 Å². The third-order valence-corrected chi connectivity index (χ3v) is 5.94. The third-order valence-electron chi connectivity index (χ3n) is 4.43. The number of amides is 1. The van der Waals surface area contributed by atoms with E-state index >= 15 is 0 Å². The number of carbonyl (C=O) groups is 1. The van der Waals surface area contributed by atoms with Gasteiger partial charge in [-0.05, 0) is 48.7 Å². The maximum absolute atomic E-state index is 14.0. The molecule has 3 rings (SSSR count). The molecule has 1 unspecified atom stereocenters. The van der Waals surface area contributed by atoms with E-state index in [2.05, 4.69) is 10.0 Å². The van der Waals surface area contributed by atoms with Gasteiger partial charge in [-0.2, -0.15) is 4.72 Å². The molecule has 1 atom stereocenters. The Balaban J connectivity index is 1.90. The van der Waals surface area contributed by atoms with Crippen molar-refractivity contribution in [1.29, 1.82) is 0 Å². The molecule has 0 aliphatic rings. The summed E-state index contributed by atoms with van der Waals surface area (Å²) < 4.78 is 41.8. The number of aryl methyl sites for hydroxylation is 1. The number of rotatable bonds is 7. The molecule has 3 N–H and O–H groups in total. The van der Waals surface area contributed by atoms with Crippen molar-refractivity contribution in [2.45, 2.75) is 24.3 Å². The highest BCUT2D eigenvalue weighted by atomic mass is 32.2. The quantitative estimate of drug-likeness (QED) is 0.503. The maximum Gasteiger partial charge on any atom is 0.244 e. The number of carbonyl (C=O) groups excluding carboxylic acids is 1. The van der Waals surface area contributed by atoms with Gasteiger partial charge in [-0.1, -0.05) is 48.5 Å². The van der Waals surface area contributed by atoms with E-state index in [1.54, 1.807) is 43.3 Å². The molecule has 0 fully saturated rings. The summed E-state index contributed by atoms with van der Waals surface area (Å²) in [6.07, 6.45) is 0.0347. The fourth-order valence-corrected chi connectivity index (χ4v) is 4.19. The van der Waals surface area contributed by atoms with Crippen LogP contribution in [0.5, 0.6) is 5.75 Å². The highest BCUT2D eigenvalue weighted by Gasteiger charge is 2.28. The number of anilines is 1. The van der Waals surface area contributed by atoms with Crippen LogP contribution in [0.4, 0.5) is 10.1 Å². The predicted molar refractivity (Wildman–Crippen MR) is 112 cm³/mol. The molecule has 1 amide bonds. The van der Waals surface area contributed by atoms with E-state index in [0.29, 0.717) is 5.56 Å². The number of hydrogen-bond donors (Lipinski definition) is 3. The lowest BCUT2D eigenvalue weighted by molar-refractivity contribution is -0.117. The first-order chi connectivity index (χ1) is 14.3. The van der Waals surface area contributed by atoms with Crippen LogP contribution in [0.3, 0.4) is 0 Å². The lowest BCUT2D eigenvalue weighted by Gasteiger charge is -2.19. The predicted octanol–water partition coefficient (Wildman–Crippen LogP) is 3.37. The van der Waals surface area contributed by atoms with E-state index in [-0.39, 0.29) is 17.9 Å². The van der Waals surface area contributed by atoms with Crippen molar-refractivity contribution < 1.29 is 22.7 Å². The molecule has 0 bridgehead atoms. The second-order valence-electron chi connectivity index (χ2n) is 6.80. The van der Waals surface area contributed by atoms with Crippen molar-refractivity contribution in [2.24, 2.45) is 0 Å². The Morgan fingerprint density at radius 1 is 1.03 bits per heavy atom. The number of nitrogens with one attached hydrogen (secondary N) is 2. The van der Waals surface area contributed by atoms with Gasteiger partial charge in [-0.25, -0.2) is 12.8 Å². The zero-order chi connectivity index (χ0) is 21.7. The van der Waals surface area contributed by atoms with E-state index < -0.39 is 32.7 Å². The summed E-state index contributed by atoms with van der Waals surface area (Å²) in [6, 6.07) is 17.2. The zero-order valence-electron chi connectivity index (χ0n) is 16.2. The molecule has 0 heterocycles. The molecular formula is C22H21FN2O4S. The fraction of sp³-hybridized carbons (Fsp3) is 0.136. The van der Waals surface area contributed by atoms with Crippen LogP contribution in [0.1, 0.15) is 11.1 Å². The van der Waals surface area contributed by atoms with Crippen molar-refractivity contribution in [2.75, 3.05) is 5.32 Å². The smallest absolute Gasteiger partial charge is 0.244 e. The van der Waals surface area contributed by atoms with Gasteiger partial charge in [0.05, 0.1) is 5.69 Å². The van der Waals surface area contributed by atoms with Crippen LogP contribution in [0.25, 0.3) is 0 Å². The number of sulfonamides is 1. The molecule has 0 spiro atoms. The number of phenols is 1. The fourth-order valence-electron chi connectivity index (χ4n) is 2.92. The summed E-state index contributed by atoms with van der Waals surface area (Å²) in [5.74, 6) is -1.74. The average molecular weight is 428 g/mol. The van der Waals surface area contributed by atoms with Crippen LogP contribution in [0, 0.1) is 12.7 Å². The van der Waals surface area contributed by atoms with Crippen LogP contribution in [-0.4, -0.2) is 25.5 Å². The summed E-state index contributed by atoms with van der Waals surface area (Å²) in [4.78, 5) is 12.4. The second kappa shape index (κ2) is 9.06. The lowest BCUT2D eigenvalue weighted by Crippen LogP contribution is -2.45. The molecule has 30 heavy (non-hydrogen) atoms. The van der Waals surface area contributed by atoms with Crippen molar-refractivity contribution in [3.63, 3.8) is 0 Å². The molecule has 6 nitrogen and oxygen atoms in total. The standard InChI is InChI=1S/C22H21FN2O4S/c1-15-11-12-18(20(26)13-15)24-22(27)19(14-16-7-3-2-4-8-16)25-30(28,29)21-10-6-5-9-17(21)23/h2-13,19,25-26H,14H2,1H3,(H,24,27). The van der Waals surface area contributed by atoms with Crippen LogP contribution < -0.4 is 10.0 Å². The zero-order valence-corrected chi connectivity index (χ0v) is 17.0. The van der Waals surface area contributed by atoms with Gasteiger partial charge in [-0.3, -0.25) is 4.79 Å². The van der Waals surface area contributed by atoms with E-state index in [1.807, 2.05) is 0 Å². The normalized spacial score (nSPS) is 12.3. The van der Waals surface area contributed by atoms with Gasteiger partial charge >= 0.3 is 0 Å². The lowest BCUT2D eigenvalue weighted by atomic mass is 10.1. The van der Waals surface area contributed by atoms with Crippen LogP contribution in [0.2, 0.25) is 0 Å². The minimum atomic E-state index is -4.31. The van der Waals surface area contributed by atoms with Crippen molar-refractivity contribution in [3.8, 4) is 5.75 Å². The van der Waals surface area contributed by atoms with E-state index in [9.17, 15) is 22.7 Å². The molecule has 0 saturated heterocycles. The molecular weight excluding hydrogens is 407 g/mol. The van der Waals surface area contributed by atoms with Crippen LogP contribution in [-0.2, 0) is 21.2 Å². The Kier molecular flexibility index (Phi) is 6.49. The number of halogens is 1. The van der Waals surface area contributed by atoms with Crippen molar-refractivity contribution >= 4 is 21.6 Å². The van der Waals surface area contributed by atoms with Crippen LogP contribution >= 0.6 is 0 Å². The van der Waals surface area contributed by atoms with Gasteiger partial charge in [-0.15, -0.1) is 0 Å².